The van der Waals surface area contributed by atoms with E-state index in [1.54, 1.807) is 21.8 Å². The molecular formula is C22H25N5O2. The largest absolute Gasteiger partial charge is 0.396 e. The van der Waals surface area contributed by atoms with E-state index in [9.17, 15) is 9.90 Å². The Labute approximate surface area is 170 Å². The number of hydrogen-bond donors (Lipinski definition) is 2. The zero-order valence-electron chi connectivity index (χ0n) is 16.4. The van der Waals surface area contributed by atoms with Crippen LogP contribution in [0, 0.1) is 5.92 Å². The van der Waals surface area contributed by atoms with Gasteiger partial charge in [-0.05, 0) is 30.0 Å². The molecule has 150 valence electrons. The predicted octanol–water partition coefficient (Wildman–Crippen LogP) is 3.11. The van der Waals surface area contributed by atoms with E-state index in [0.717, 1.165) is 17.7 Å². The van der Waals surface area contributed by atoms with Crippen molar-refractivity contribution in [3.05, 3.63) is 66.5 Å². The number of benzene rings is 1. The average Bonchev–Trinajstić information content (AvgIpc) is 3.20. The second kappa shape index (κ2) is 8.45. The SMILES string of the molecule is Cn1cc(-c2cccc(NC(=O)N3CC[C@@H](c4ccccc4)[C@@H](CO)C3)n2)cn1. The number of carbonyl (C=O) groups excluding carboxylic acids is 1. The molecule has 2 aromatic heterocycles. The number of urea groups is 1. The summed E-state index contributed by atoms with van der Waals surface area (Å²) in [5.41, 5.74) is 2.87. The lowest BCUT2D eigenvalue weighted by Gasteiger charge is -2.38. The number of amides is 2. The Morgan fingerprint density at radius 2 is 2.03 bits per heavy atom. The zero-order valence-corrected chi connectivity index (χ0v) is 16.4. The molecule has 0 spiro atoms. The number of piperidine rings is 1. The van der Waals surface area contributed by atoms with Crippen molar-refractivity contribution in [3.8, 4) is 11.3 Å². The molecule has 0 aliphatic carbocycles. The number of aliphatic hydroxyl groups is 1. The van der Waals surface area contributed by atoms with Gasteiger partial charge in [0, 0.05) is 44.4 Å². The minimum atomic E-state index is -0.189. The number of anilines is 1. The number of nitrogens with one attached hydrogen (secondary N) is 1. The molecule has 2 atom stereocenters. The summed E-state index contributed by atoms with van der Waals surface area (Å²) in [6.07, 6.45) is 4.45. The summed E-state index contributed by atoms with van der Waals surface area (Å²) in [7, 11) is 1.85. The molecule has 1 saturated heterocycles. The molecule has 2 amide bonds. The predicted molar refractivity (Wildman–Crippen MR) is 111 cm³/mol. The number of pyridine rings is 1. The molecule has 0 saturated carbocycles. The van der Waals surface area contributed by atoms with Crippen molar-refractivity contribution in [2.24, 2.45) is 13.0 Å². The van der Waals surface area contributed by atoms with Gasteiger partial charge in [-0.2, -0.15) is 5.10 Å². The Balaban J connectivity index is 1.43. The highest BCUT2D eigenvalue weighted by atomic mass is 16.3. The fraction of sp³-hybridized carbons (Fsp3) is 0.318. The number of aromatic nitrogens is 3. The number of rotatable bonds is 4. The third-order valence-corrected chi connectivity index (χ3v) is 5.47. The molecule has 3 heterocycles. The van der Waals surface area contributed by atoms with Crippen LogP contribution in [0.3, 0.4) is 0 Å². The second-order valence-electron chi connectivity index (χ2n) is 7.44. The molecule has 0 radical (unpaired) electrons. The number of aryl methyl sites for hydroxylation is 1. The topological polar surface area (TPSA) is 83.3 Å². The standard InChI is InChI=1S/C22H25N5O2/c1-26-13-17(12-23-26)20-8-5-9-21(24-20)25-22(29)27-11-10-19(18(14-27)15-28)16-6-3-2-4-7-16/h2-9,12-13,18-19,28H,10-11,14-15H2,1H3,(H,24,25,29)/t18-,19+/m1/s1. The van der Waals surface area contributed by atoms with E-state index in [1.165, 1.54) is 5.56 Å². The van der Waals surface area contributed by atoms with Gasteiger partial charge in [-0.1, -0.05) is 36.4 Å². The van der Waals surface area contributed by atoms with Crippen LogP contribution in [-0.4, -0.2) is 50.5 Å². The molecule has 29 heavy (non-hydrogen) atoms. The molecule has 7 nitrogen and oxygen atoms in total. The van der Waals surface area contributed by atoms with Crippen molar-refractivity contribution >= 4 is 11.8 Å². The molecule has 7 heteroatoms. The van der Waals surface area contributed by atoms with Crippen LogP contribution < -0.4 is 5.32 Å². The lowest BCUT2D eigenvalue weighted by atomic mass is 9.81. The van der Waals surface area contributed by atoms with Crippen molar-refractivity contribution in [2.45, 2.75) is 12.3 Å². The van der Waals surface area contributed by atoms with Crippen LogP contribution in [0.2, 0.25) is 0 Å². The number of hydrogen-bond acceptors (Lipinski definition) is 4. The van der Waals surface area contributed by atoms with E-state index in [2.05, 4.69) is 27.5 Å². The van der Waals surface area contributed by atoms with Crippen molar-refractivity contribution in [2.75, 3.05) is 25.0 Å². The third-order valence-electron chi connectivity index (χ3n) is 5.47. The summed E-state index contributed by atoms with van der Waals surface area (Å²) in [6.45, 7) is 1.21. The van der Waals surface area contributed by atoms with Gasteiger partial charge < -0.3 is 10.0 Å². The molecule has 2 N–H and O–H groups in total. The fourth-order valence-electron chi connectivity index (χ4n) is 3.95. The number of carbonyl (C=O) groups is 1. The van der Waals surface area contributed by atoms with Crippen LogP contribution in [0.1, 0.15) is 17.9 Å². The summed E-state index contributed by atoms with van der Waals surface area (Å²) in [5.74, 6) is 0.783. The monoisotopic (exact) mass is 391 g/mol. The van der Waals surface area contributed by atoms with Crippen LogP contribution in [0.25, 0.3) is 11.3 Å². The smallest absolute Gasteiger partial charge is 0.323 e. The maximum absolute atomic E-state index is 12.8. The lowest BCUT2D eigenvalue weighted by Crippen LogP contribution is -2.46. The average molecular weight is 391 g/mol. The maximum Gasteiger partial charge on any atom is 0.323 e. The number of nitrogens with zero attached hydrogens (tertiary/aromatic N) is 4. The zero-order chi connectivity index (χ0) is 20.2. The Morgan fingerprint density at radius 3 is 2.76 bits per heavy atom. The van der Waals surface area contributed by atoms with E-state index in [-0.39, 0.29) is 24.5 Å². The summed E-state index contributed by atoms with van der Waals surface area (Å²) in [4.78, 5) is 19.1. The van der Waals surface area contributed by atoms with E-state index in [0.29, 0.717) is 18.9 Å². The molecular weight excluding hydrogens is 366 g/mol. The molecule has 1 aromatic carbocycles. The van der Waals surface area contributed by atoms with Crippen molar-refractivity contribution in [3.63, 3.8) is 0 Å². The molecule has 4 rings (SSSR count). The third kappa shape index (κ3) is 4.30. The van der Waals surface area contributed by atoms with Crippen LogP contribution in [0.5, 0.6) is 0 Å². The molecule has 0 bridgehead atoms. The Hall–Kier alpha value is -3.19. The minimum absolute atomic E-state index is 0.0200. The van der Waals surface area contributed by atoms with Crippen LogP contribution in [0.15, 0.2) is 60.9 Å². The quantitative estimate of drug-likeness (QED) is 0.716. The van der Waals surface area contributed by atoms with E-state index >= 15 is 0 Å². The van der Waals surface area contributed by atoms with Gasteiger partial charge in [-0.15, -0.1) is 0 Å². The number of aliphatic hydroxyl groups excluding tert-OH is 1. The summed E-state index contributed by atoms with van der Waals surface area (Å²) in [5, 5.41) is 17.0. The van der Waals surface area contributed by atoms with Gasteiger partial charge in [0.1, 0.15) is 5.82 Å². The highest BCUT2D eigenvalue weighted by Gasteiger charge is 2.32. The van der Waals surface area contributed by atoms with Gasteiger partial charge in [0.15, 0.2) is 0 Å². The lowest BCUT2D eigenvalue weighted by molar-refractivity contribution is 0.119. The first-order chi connectivity index (χ1) is 14.1. The van der Waals surface area contributed by atoms with Gasteiger partial charge in [-0.25, -0.2) is 9.78 Å². The first kappa shape index (κ1) is 19.1. The van der Waals surface area contributed by atoms with Gasteiger partial charge in [0.2, 0.25) is 0 Å². The maximum atomic E-state index is 12.8. The van der Waals surface area contributed by atoms with Gasteiger partial charge in [0.25, 0.3) is 0 Å². The molecule has 1 aliphatic heterocycles. The second-order valence-corrected chi connectivity index (χ2v) is 7.44. The van der Waals surface area contributed by atoms with Crippen molar-refractivity contribution in [1.29, 1.82) is 0 Å². The van der Waals surface area contributed by atoms with E-state index in [1.807, 2.05) is 43.6 Å². The summed E-state index contributed by atoms with van der Waals surface area (Å²) >= 11 is 0. The Bertz CT molecular complexity index is 972. The minimum Gasteiger partial charge on any atom is -0.396 e. The van der Waals surface area contributed by atoms with Crippen molar-refractivity contribution < 1.29 is 9.90 Å². The Kier molecular flexibility index (Phi) is 5.57. The van der Waals surface area contributed by atoms with Gasteiger partial charge in [-0.3, -0.25) is 10.00 Å². The van der Waals surface area contributed by atoms with E-state index in [4.69, 9.17) is 0 Å². The van der Waals surface area contributed by atoms with Crippen LogP contribution in [0.4, 0.5) is 10.6 Å². The summed E-state index contributed by atoms with van der Waals surface area (Å²) < 4.78 is 1.72. The molecule has 0 unspecified atom stereocenters. The normalized spacial score (nSPS) is 19.2. The molecule has 1 fully saturated rings. The first-order valence-electron chi connectivity index (χ1n) is 9.82. The van der Waals surface area contributed by atoms with Crippen LogP contribution in [-0.2, 0) is 7.05 Å². The van der Waals surface area contributed by atoms with E-state index < -0.39 is 0 Å². The first-order valence-corrected chi connectivity index (χ1v) is 9.82. The highest BCUT2D eigenvalue weighted by Crippen LogP contribution is 2.33. The Morgan fingerprint density at radius 1 is 1.21 bits per heavy atom. The molecule has 3 aromatic rings. The molecule has 1 aliphatic rings. The van der Waals surface area contributed by atoms with Crippen LogP contribution >= 0.6 is 0 Å². The summed E-state index contributed by atoms with van der Waals surface area (Å²) in [6, 6.07) is 15.6. The van der Waals surface area contributed by atoms with Crippen molar-refractivity contribution in [1.82, 2.24) is 19.7 Å². The van der Waals surface area contributed by atoms with Gasteiger partial charge in [0.05, 0.1) is 11.9 Å². The highest BCUT2D eigenvalue weighted by molar-refractivity contribution is 5.88. The van der Waals surface area contributed by atoms with Gasteiger partial charge >= 0.3 is 6.03 Å². The fourth-order valence-corrected chi connectivity index (χ4v) is 3.95. The number of likely N-dealkylation sites (tertiary alicyclic amines) is 1.